The van der Waals surface area contributed by atoms with Crippen LogP contribution in [0.5, 0.6) is 11.8 Å². The van der Waals surface area contributed by atoms with Crippen molar-refractivity contribution in [2.24, 2.45) is 0 Å². The highest BCUT2D eigenvalue weighted by Crippen LogP contribution is 2.20. The summed E-state index contributed by atoms with van der Waals surface area (Å²) >= 11 is 6.16. The number of aromatic hydroxyl groups is 2. The zero-order valence-electron chi connectivity index (χ0n) is 10.5. The Labute approximate surface area is 112 Å². The van der Waals surface area contributed by atoms with Gasteiger partial charge < -0.3 is 15.1 Å². The van der Waals surface area contributed by atoms with Gasteiger partial charge in [0.2, 0.25) is 11.8 Å². The van der Waals surface area contributed by atoms with Crippen molar-refractivity contribution in [1.29, 1.82) is 0 Å². The van der Waals surface area contributed by atoms with Gasteiger partial charge >= 0.3 is 5.97 Å². The van der Waals surface area contributed by atoms with Crippen molar-refractivity contribution in [3.05, 3.63) is 12.1 Å². The Morgan fingerprint density at radius 3 is 2.39 bits per heavy atom. The molecule has 0 aliphatic heterocycles. The molecule has 0 spiro atoms. The first-order chi connectivity index (χ1) is 8.29. The lowest BCUT2D eigenvalue weighted by atomic mass is 10.2. The van der Waals surface area contributed by atoms with Crippen LogP contribution in [0.15, 0.2) is 12.1 Å². The fraction of sp³-hybridized carbons (Fsp3) is 0.545. The average Bonchev–Trinajstić information content (AvgIpc) is 2.55. The first-order valence-electron chi connectivity index (χ1n) is 5.79. The third-order valence-electron chi connectivity index (χ3n) is 2.39. The smallest absolute Gasteiger partial charge is 0.333 e. The van der Waals surface area contributed by atoms with E-state index in [1.807, 2.05) is 0 Å². The summed E-state index contributed by atoms with van der Waals surface area (Å²) < 4.78 is 0.697. The molecule has 0 aliphatic rings. The second-order valence-electron chi connectivity index (χ2n) is 4.73. The van der Waals surface area contributed by atoms with Crippen LogP contribution in [0.3, 0.4) is 0 Å². The Morgan fingerprint density at radius 2 is 1.89 bits per heavy atom. The van der Waals surface area contributed by atoms with Crippen LogP contribution in [0, 0.1) is 0 Å². The van der Waals surface area contributed by atoms with Gasteiger partial charge in [-0.3, -0.25) is 0 Å². The number of hydrogen-bond donors (Lipinski definition) is 2. The van der Waals surface area contributed by atoms with Crippen LogP contribution in [0.1, 0.15) is 19.3 Å². The van der Waals surface area contributed by atoms with E-state index in [-0.39, 0.29) is 18.2 Å². The number of hydrogen-bond acceptors (Lipinski definition) is 4. The number of nitrogens with zero attached hydrogens (tertiary/aromatic N) is 1. The molecule has 0 saturated heterocycles. The topological polar surface area (TPSA) is 71.7 Å². The van der Waals surface area contributed by atoms with E-state index in [0.29, 0.717) is 11.2 Å². The van der Waals surface area contributed by atoms with Crippen LogP contribution in [0.2, 0.25) is 19.1 Å². The van der Waals surface area contributed by atoms with E-state index >= 15 is 0 Å². The number of unbranched alkanes of at least 4 members (excludes halogenated alkanes) is 1. The minimum absolute atomic E-state index is 0.235. The highest BCUT2D eigenvalue weighted by Gasteiger charge is 2.17. The van der Waals surface area contributed by atoms with Crippen molar-refractivity contribution >= 4 is 24.4 Å². The van der Waals surface area contributed by atoms with Gasteiger partial charge in [0, 0.05) is 18.6 Å². The van der Waals surface area contributed by atoms with Crippen molar-refractivity contribution in [1.82, 2.24) is 4.73 Å². The third kappa shape index (κ3) is 5.01. The first-order valence-corrected chi connectivity index (χ1v) is 10.0. The molecule has 0 aliphatic carbocycles. The number of aromatic nitrogens is 1. The van der Waals surface area contributed by atoms with Crippen LogP contribution in [-0.4, -0.2) is 28.3 Å². The molecule has 1 aromatic rings. The van der Waals surface area contributed by atoms with Crippen molar-refractivity contribution in [3.8, 4) is 11.8 Å². The largest absolute Gasteiger partial charge is 0.492 e. The van der Waals surface area contributed by atoms with E-state index in [4.69, 9.17) is 15.9 Å². The van der Waals surface area contributed by atoms with Crippen LogP contribution in [0.25, 0.3) is 0 Å². The quantitative estimate of drug-likeness (QED) is 0.480. The molecule has 0 amide bonds. The summed E-state index contributed by atoms with van der Waals surface area (Å²) in [4.78, 5) is 16.3. The predicted octanol–water partition coefficient (Wildman–Crippen LogP) is 2.47. The van der Waals surface area contributed by atoms with Crippen molar-refractivity contribution in [3.63, 3.8) is 0 Å². The van der Waals surface area contributed by atoms with Crippen LogP contribution >= 0.6 is 11.1 Å². The van der Waals surface area contributed by atoms with E-state index < -0.39 is 13.4 Å². The number of halogens is 1. The molecule has 1 heterocycles. The van der Waals surface area contributed by atoms with Crippen LogP contribution in [-0.2, 0) is 4.79 Å². The van der Waals surface area contributed by atoms with Gasteiger partial charge in [-0.15, -0.1) is 4.73 Å². The minimum atomic E-state index is -1.58. The number of carbonyl (C=O) groups is 1. The molecule has 1 rings (SSSR count). The first kappa shape index (κ1) is 14.9. The average molecular weight is 292 g/mol. The molecule has 18 heavy (non-hydrogen) atoms. The van der Waals surface area contributed by atoms with Gasteiger partial charge in [0.15, 0.2) is 0 Å². The molecule has 0 fully saturated rings. The predicted molar refractivity (Wildman–Crippen MR) is 71.3 cm³/mol. The van der Waals surface area contributed by atoms with Gasteiger partial charge in [0.1, 0.15) is 7.38 Å². The molecule has 2 N–H and O–H groups in total. The zero-order chi connectivity index (χ0) is 13.8. The van der Waals surface area contributed by atoms with Crippen molar-refractivity contribution in [2.75, 3.05) is 0 Å². The van der Waals surface area contributed by atoms with Crippen LogP contribution in [0.4, 0.5) is 0 Å². The van der Waals surface area contributed by atoms with Gasteiger partial charge in [-0.05, 0) is 12.5 Å². The third-order valence-corrected chi connectivity index (χ3v) is 4.50. The monoisotopic (exact) mass is 291 g/mol. The SMILES string of the molecule is C[Si](C)(Cl)CCCCC(=O)On1c(O)ccc1O. The number of rotatable bonds is 6. The van der Waals surface area contributed by atoms with E-state index in [9.17, 15) is 15.0 Å². The van der Waals surface area contributed by atoms with E-state index in [2.05, 4.69) is 13.1 Å². The van der Waals surface area contributed by atoms with Gasteiger partial charge in [0.05, 0.1) is 0 Å². The highest BCUT2D eigenvalue weighted by molar-refractivity contribution is 7.19. The summed E-state index contributed by atoms with van der Waals surface area (Å²) in [5.41, 5.74) is 0. The maximum Gasteiger partial charge on any atom is 0.333 e. The zero-order valence-corrected chi connectivity index (χ0v) is 12.3. The summed E-state index contributed by atoms with van der Waals surface area (Å²) in [6, 6.07) is 3.43. The fourth-order valence-corrected chi connectivity index (χ4v) is 2.95. The summed E-state index contributed by atoms with van der Waals surface area (Å²) in [6.45, 7) is 4.12. The van der Waals surface area contributed by atoms with Gasteiger partial charge in [-0.2, -0.15) is 11.1 Å². The normalized spacial score (nSPS) is 11.5. The summed E-state index contributed by atoms with van der Waals surface area (Å²) in [5.74, 6) is -1.11. The molecule has 0 unspecified atom stereocenters. The maximum absolute atomic E-state index is 11.5. The molecule has 102 valence electrons. The highest BCUT2D eigenvalue weighted by atomic mass is 35.6. The lowest BCUT2D eigenvalue weighted by Crippen LogP contribution is -2.19. The minimum Gasteiger partial charge on any atom is -0.492 e. The number of carbonyl (C=O) groups excluding carboxylic acids is 1. The second kappa shape index (κ2) is 6.15. The fourth-order valence-electron chi connectivity index (χ4n) is 1.46. The molecule has 5 nitrogen and oxygen atoms in total. The molecular formula is C11H18ClNO4Si. The molecule has 0 aromatic carbocycles. The van der Waals surface area contributed by atoms with Gasteiger partial charge in [-0.25, -0.2) is 4.79 Å². The maximum atomic E-state index is 11.5. The summed E-state index contributed by atoms with van der Waals surface area (Å²) in [6.07, 6.45) is 1.80. The Balaban J connectivity index is 2.31. The molecule has 1 aromatic heterocycles. The molecule has 0 atom stereocenters. The van der Waals surface area contributed by atoms with E-state index in [0.717, 1.165) is 12.5 Å². The van der Waals surface area contributed by atoms with E-state index in [1.165, 1.54) is 12.1 Å². The summed E-state index contributed by atoms with van der Waals surface area (Å²) in [5, 5.41) is 18.5. The molecule has 0 saturated carbocycles. The standard InChI is InChI=1S/C11H18ClNO4Si/c1-18(2,12)8-4-3-5-11(16)17-13-9(14)6-7-10(13)15/h6-7,14-15H,3-5,8H2,1-2H3. The Bertz CT molecular complexity index is 394. The van der Waals surface area contributed by atoms with E-state index in [1.54, 1.807) is 0 Å². The van der Waals surface area contributed by atoms with Crippen molar-refractivity contribution in [2.45, 2.75) is 38.4 Å². The van der Waals surface area contributed by atoms with Gasteiger partial charge in [-0.1, -0.05) is 19.5 Å². The molecule has 7 heteroatoms. The Morgan fingerprint density at radius 1 is 1.33 bits per heavy atom. The summed E-state index contributed by atoms with van der Waals surface area (Å²) in [7, 11) is -1.58. The molecule has 0 radical (unpaired) electrons. The van der Waals surface area contributed by atoms with Gasteiger partial charge in [0.25, 0.3) is 0 Å². The lowest BCUT2D eigenvalue weighted by Gasteiger charge is -2.11. The van der Waals surface area contributed by atoms with Crippen molar-refractivity contribution < 1.29 is 19.8 Å². The van der Waals surface area contributed by atoms with Crippen LogP contribution < -0.4 is 4.84 Å². The Hall–Kier alpha value is -1.14. The second-order valence-corrected chi connectivity index (χ2v) is 11.7. The Kier molecular flexibility index (Phi) is 5.10. The molecular weight excluding hydrogens is 274 g/mol. The molecule has 0 bridgehead atoms. The lowest BCUT2D eigenvalue weighted by molar-refractivity contribution is -0.145.